The summed E-state index contributed by atoms with van der Waals surface area (Å²) in [7, 11) is -1.96. The Morgan fingerprint density at radius 1 is 1.33 bits per heavy atom. The van der Waals surface area contributed by atoms with Gasteiger partial charge < -0.3 is 14.3 Å². The number of aliphatic hydroxyl groups is 1. The van der Waals surface area contributed by atoms with Crippen LogP contribution in [-0.2, 0) is 21.4 Å². The molecule has 0 spiro atoms. The number of hydrogen-bond donors (Lipinski definition) is 2. The van der Waals surface area contributed by atoms with E-state index in [-0.39, 0.29) is 17.5 Å². The molecule has 0 bridgehead atoms. The number of methoxy groups -OCH3 is 1. The predicted molar refractivity (Wildman–Crippen MR) is 65.5 cm³/mol. The van der Waals surface area contributed by atoms with Crippen LogP contribution in [0.15, 0.2) is 21.6 Å². The lowest BCUT2D eigenvalue weighted by atomic mass is 10.2. The number of aliphatic hydroxyl groups excluding tert-OH is 1. The van der Waals surface area contributed by atoms with Crippen LogP contribution in [0, 0.1) is 0 Å². The zero-order chi connectivity index (χ0) is 13.4. The second-order valence-electron chi connectivity index (χ2n) is 3.83. The molecule has 18 heavy (non-hydrogen) atoms. The third-order valence-corrected chi connectivity index (χ3v) is 3.71. The molecule has 1 rings (SSSR count). The van der Waals surface area contributed by atoms with E-state index in [2.05, 4.69) is 4.72 Å². The Balaban J connectivity index is 2.36. The molecule has 2 N–H and O–H groups in total. The Labute approximate surface area is 107 Å². The minimum atomic E-state index is -3.60. The van der Waals surface area contributed by atoms with Crippen molar-refractivity contribution in [2.75, 3.05) is 20.3 Å². The van der Waals surface area contributed by atoms with Gasteiger partial charge in [-0.25, -0.2) is 13.1 Å². The molecule has 0 aliphatic heterocycles. The molecule has 7 heteroatoms. The number of nitrogens with one attached hydrogen (secondary N) is 1. The van der Waals surface area contributed by atoms with Crippen LogP contribution in [0.25, 0.3) is 0 Å². The first kappa shape index (κ1) is 15.2. The maximum absolute atomic E-state index is 11.7. The zero-order valence-corrected chi connectivity index (χ0v) is 11.2. The lowest BCUT2D eigenvalue weighted by molar-refractivity contribution is 0.192. The van der Waals surface area contributed by atoms with Gasteiger partial charge in [-0.2, -0.15) is 0 Å². The van der Waals surface area contributed by atoms with Gasteiger partial charge in [-0.05, 0) is 31.4 Å². The Kier molecular flexibility index (Phi) is 6.34. The van der Waals surface area contributed by atoms with Gasteiger partial charge in [-0.15, -0.1) is 0 Å². The van der Waals surface area contributed by atoms with Crippen molar-refractivity contribution in [1.29, 1.82) is 0 Å². The first-order chi connectivity index (χ1) is 8.60. The average Bonchev–Trinajstić information content (AvgIpc) is 2.83. The summed E-state index contributed by atoms with van der Waals surface area (Å²) in [4.78, 5) is 0. The molecule has 1 aromatic rings. The fraction of sp³-hybridized carbons (Fsp3) is 0.636. The van der Waals surface area contributed by atoms with Crippen molar-refractivity contribution in [2.24, 2.45) is 0 Å². The second-order valence-corrected chi connectivity index (χ2v) is 5.53. The Morgan fingerprint density at radius 3 is 2.72 bits per heavy atom. The maximum Gasteiger partial charge on any atom is 0.273 e. The minimum Gasteiger partial charge on any atom is -0.446 e. The standard InChI is InChI=1S/C11H19NO5S/c1-16-8-4-2-3-7-12-18(14,15)11-6-5-10(9-13)17-11/h5-6,12-13H,2-4,7-9H2,1H3. The molecule has 0 atom stereocenters. The van der Waals surface area contributed by atoms with Crippen molar-refractivity contribution in [3.8, 4) is 0 Å². The summed E-state index contributed by atoms with van der Waals surface area (Å²) in [6.07, 6.45) is 2.56. The molecule has 104 valence electrons. The third kappa shape index (κ3) is 4.77. The molecule has 1 aromatic heterocycles. The van der Waals surface area contributed by atoms with Crippen LogP contribution in [-0.4, -0.2) is 33.8 Å². The molecule has 0 unspecified atom stereocenters. The lowest BCUT2D eigenvalue weighted by Crippen LogP contribution is -2.24. The van der Waals surface area contributed by atoms with E-state index in [1.54, 1.807) is 7.11 Å². The van der Waals surface area contributed by atoms with Gasteiger partial charge >= 0.3 is 0 Å². The molecule has 0 aliphatic rings. The van der Waals surface area contributed by atoms with E-state index in [0.29, 0.717) is 13.2 Å². The molecule has 0 radical (unpaired) electrons. The Bertz CT molecular complexity index is 440. The number of hydrogen-bond acceptors (Lipinski definition) is 5. The van der Waals surface area contributed by atoms with E-state index in [9.17, 15) is 8.42 Å². The van der Waals surface area contributed by atoms with E-state index in [1.165, 1.54) is 12.1 Å². The van der Waals surface area contributed by atoms with E-state index in [1.807, 2.05) is 0 Å². The largest absolute Gasteiger partial charge is 0.446 e. The van der Waals surface area contributed by atoms with Crippen LogP contribution >= 0.6 is 0 Å². The SMILES string of the molecule is COCCCCCNS(=O)(=O)c1ccc(CO)o1. The highest BCUT2D eigenvalue weighted by molar-refractivity contribution is 7.89. The molecule has 0 saturated carbocycles. The van der Waals surface area contributed by atoms with Crippen LogP contribution in [0.3, 0.4) is 0 Å². The van der Waals surface area contributed by atoms with Crippen molar-refractivity contribution >= 4 is 10.0 Å². The van der Waals surface area contributed by atoms with Gasteiger partial charge in [0, 0.05) is 20.3 Å². The van der Waals surface area contributed by atoms with Gasteiger partial charge in [-0.3, -0.25) is 0 Å². The fourth-order valence-corrected chi connectivity index (χ4v) is 2.43. The summed E-state index contributed by atoms with van der Waals surface area (Å²) in [6, 6.07) is 2.77. The normalized spacial score (nSPS) is 11.9. The monoisotopic (exact) mass is 277 g/mol. The molecule has 0 aliphatic carbocycles. The van der Waals surface area contributed by atoms with Crippen molar-refractivity contribution in [3.05, 3.63) is 17.9 Å². The lowest BCUT2D eigenvalue weighted by Gasteiger charge is -2.04. The predicted octanol–water partition coefficient (Wildman–Crippen LogP) is 0.867. The van der Waals surface area contributed by atoms with Crippen molar-refractivity contribution < 1.29 is 22.7 Å². The van der Waals surface area contributed by atoms with Crippen molar-refractivity contribution in [3.63, 3.8) is 0 Å². The molecular formula is C11H19NO5S. The first-order valence-corrected chi connectivity index (χ1v) is 7.26. The average molecular weight is 277 g/mol. The number of sulfonamides is 1. The molecule has 0 fully saturated rings. The van der Waals surface area contributed by atoms with Crippen molar-refractivity contribution in [1.82, 2.24) is 4.72 Å². The molecule has 0 amide bonds. The van der Waals surface area contributed by atoms with Gasteiger partial charge in [0.05, 0.1) is 0 Å². The Morgan fingerprint density at radius 2 is 2.11 bits per heavy atom. The highest BCUT2D eigenvalue weighted by Crippen LogP contribution is 2.13. The van der Waals surface area contributed by atoms with E-state index in [0.717, 1.165) is 19.3 Å². The molecule has 6 nitrogen and oxygen atoms in total. The van der Waals surface area contributed by atoms with E-state index >= 15 is 0 Å². The van der Waals surface area contributed by atoms with Crippen LogP contribution < -0.4 is 4.72 Å². The molecule has 0 saturated heterocycles. The molecule has 1 heterocycles. The summed E-state index contributed by atoms with van der Waals surface area (Å²) >= 11 is 0. The van der Waals surface area contributed by atoms with Crippen molar-refractivity contribution in [2.45, 2.75) is 31.0 Å². The summed E-state index contributed by atoms with van der Waals surface area (Å²) in [6.45, 7) is 0.735. The number of ether oxygens (including phenoxy) is 1. The van der Waals surface area contributed by atoms with Gasteiger partial charge in [0.25, 0.3) is 10.0 Å². The first-order valence-electron chi connectivity index (χ1n) is 5.78. The number of furan rings is 1. The summed E-state index contributed by atoms with van der Waals surface area (Å²) < 4.78 is 35.8. The fourth-order valence-electron chi connectivity index (χ4n) is 1.41. The van der Waals surface area contributed by atoms with Gasteiger partial charge in [0.1, 0.15) is 12.4 Å². The molecule has 0 aromatic carbocycles. The summed E-state index contributed by atoms with van der Waals surface area (Å²) in [5.41, 5.74) is 0. The quantitative estimate of drug-likeness (QED) is 0.654. The summed E-state index contributed by atoms with van der Waals surface area (Å²) in [5, 5.41) is 8.63. The highest BCUT2D eigenvalue weighted by atomic mass is 32.2. The van der Waals surface area contributed by atoms with Gasteiger partial charge in [0.15, 0.2) is 0 Å². The van der Waals surface area contributed by atoms with Gasteiger partial charge in [-0.1, -0.05) is 0 Å². The van der Waals surface area contributed by atoms with Crippen LogP contribution in [0.5, 0.6) is 0 Å². The summed E-state index contributed by atoms with van der Waals surface area (Å²) in [5.74, 6) is 0.232. The second kappa shape index (κ2) is 7.52. The van der Waals surface area contributed by atoms with Crippen LogP contribution in [0.4, 0.5) is 0 Å². The number of unbranched alkanes of at least 4 members (excludes halogenated alkanes) is 2. The molecular weight excluding hydrogens is 258 g/mol. The van der Waals surface area contributed by atoms with Gasteiger partial charge in [0.2, 0.25) is 5.09 Å². The zero-order valence-electron chi connectivity index (χ0n) is 10.4. The highest BCUT2D eigenvalue weighted by Gasteiger charge is 2.17. The van der Waals surface area contributed by atoms with Crippen LogP contribution in [0.1, 0.15) is 25.0 Å². The smallest absolute Gasteiger partial charge is 0.273 e. The topological polar surface area (TPSA) is 88.8 Å². The van der Waals surface area contributed by atoms with E-state index < -0.39 is 10.0 Å². The Hall–Kier alpha value is -0.890. The third-order valence-electron chi connectivity index (χ3n) is 2.38. The van der Waals surface area contributed by atoms with Crippen LogP contribution in [0.2, 0.25) is 0 Å². The minimum absolute atomic E-state index is 0.163. The number of rotatable bonds is 9. The maximum atomic E-state index is 11.7. The van der Waals surface area contributed by atoms with E-state index in [4.69, 9.17) is 14.3 Å².